The van der Waals surface area contributed by atoms with E-state index < -0.39 is 22.1 Å². The molecule has 7 heteroatoms. The van der Waals surface area contributed by atoms with Crippen molar-refractivity contribution < 1.29 is 23.1 Å². The van der Waals surface area contributed by atoms with Crippen molar-refractivity contribution in [2.75, 3.05) is 13.7 Å². The number of hydrogen-bond acceptors (Lipinski definition) is 5. The van der Waals surface area contributed by atoms with Crippen molar-refractivity contribution in [1.82, 2.24) is 4.72 Å². The van der Waals surface area contributed by atoms with Gasteiger partial charge in [0.15, 0.2) is 0 Å². The molecule has 6 nitrogen and oxygen atoms in total. The summed E-state index contributed by atoms with van der Waals surface area (Å²) < 4.78 is 30.3. The number of sulfonamides is 1. The summed E-state index contributed by atoms with van der Waals surface area (Å²) in [5.74, 6) is -0.777. The zero-order chi connectivity index (χ0) is 14.5. The molecule has 0 radical (unpaired) electrons. The molecule has 0 aliphatic heterocycles. The van der Waals surface area contributed by atoms with Crippen LogP contribution in [0.1, 0.15) is 22.8 Å². The van der Waals surface area contributed by atoms with Crippen molar-refractivity contribution in [1.29, 1.82) is 0 Å². The van der Waals surface area contributed by atoms with Crippen LogP contribution >= 0.6 is 0 Å². The molecule has 0 aliphatic rings. The molecule has 1 aromatic carbocycles. The highest BCUT2D eigenvalue weighted by atomic mass is 32.2. The van der Waals surface area contributed by atoms with Crippen LogP contribution in [-0.4, -0.2) is 39.3 Å². The average molecular weight is 287 g/mol. The van der Waals surface area contributed by atoms with Gasteiger partial charge in [-0.25, -0.2) is 17.9 Å². The predicted octanol–water partition coefficient (Wildman–Crippen LogP) is 0.273. The fourth-order valence-electron chi connectivity index (χ4n) is 1.42. The summed E-state index contributed by atoms with van der Waals surface area (Å²) in [6, 6.07) is 6.21. The molecule has 1 rings (SSSR count). The number of methoxy groups -OCH3 is 1. The highest BCUT2D eigenvalue weighted by molar-refractivity contribution is 7.88. The van der Waals surface area contributed by atoms with E-state index in [0.29, 0.717) is 11.1 Å². The molecule has 1 aromatic rings. The Morgan fingerprint density at radius 2 is 2.16 bits per heavy atom. The molecule has 0 fully saturated rings. The Hall–Kier alpha value is -1.44. The number of aliphatic hydroxyl groups is 1. The van der Waals surface area contributed by atoms with Crippen LogP contribution < -0.4 is 4.72 Å². The maximum Gasteiger partial charge on any atom is 0.337 e. The number of aliphatic hydroxyl groups excluding tert-OH is 1. The number of hydrogen-bond donors (Lipinski definition) is 2. The molecule has 0 bridgehead atoms. The number of esters is 1. The largest absolute Gasteiger partial charge is 0.465 e. The smallest absolute Gasteiger partial charge is 0.337 e. The summed E-state index contributed by atoms with van der Waals surface area (Å²) in [4.78, 5) is 11.3. The van der Waals surface area contributed by atoms with Crippen LogP contribution in [0.3, 0.4) is 0 Å². The molecule has 0 spiro atoms. The Labute approximate surface area is 112 Å². The lowest BCUT2D eigenvalue weighted by Gasteiger charge is -2.09. The number of carbonyl (C=O) groups is 1. The van der Waals surface area contributed by atoms with Gasteiger partial charge in [-0.05, 0) is 24.6 Å². The van der Waals surface area contributed by atoms with Crippen molar-refractivity contribution >= 4 is 16.0 Å². The molecule has 106 valence electrons. The number of rotatable bonds is 6. The highest BCUT2D eigenvalue weighted by Gasteiger charge is 2.14. The van der Waals surface area contributed by atoms with E-state index in [1.807, 2.05) is 0 Å². The third-order valence-electron chi connectivity index (χ3n) is 2.30. The minimum absolute atomic E-state index is 0.0426. The van der Waals surface area contributed by atoms with Gasteiger partial charge in [0.25, 0.3) is 0 Å². The molecular weight excluding hydrogens is 270 g/mol. The molecule has 19 heavy (non-hydrogen) atoms. The summed E-state index contributed by atoms with van der Waals surface area (Å²) in [5, 5.41) is 9.04. The van der Waals surface area contributed by atoms with Gasteiger partial charge in [-0.1, -0.05) is 12.1 Å². The van der Waals surface area contributed by atoms with E-state index in [-0.39, 0.29) is 12.3 Å². The molecule has 2 N–H and O–H groups in total. The second kappa shape index (κ2) is 6.65. The van der Waals surface area contributed by atoms with E-state index in [9.17, 15) is 13.2 Å². The van der Waals surface area contributed by atoms with Crippen LogP contribution in [0.5, 0.6) is 0 Å². The Morgan fingerprint density at radius 3 is 2.74 bits per heavy atom. The van der Waals surface area contributed by atoms with E-state index >= 15 is 0 Å². The number of benzene rings is 1. The fourth-order valence-corrected chi connectivity index (χ4v) is 2.64. The standard InChI is InChI=1S/C12H17NO5S/c1-9(14)7-13-19(16,17)8-10-4-3-5-11(6-10)12(15)18-2/h3-6,9,13-14H,7-8H2,1-2H3/t9-/m0/s1. The second-order valence-electron chi connectivity index (χ2n) is 4.15. The van der Waals surface area contributed by atoms with Crippen LogP contribution in [0.15, 0.2) is 24.3 Å². The minimum atomic E-state index is -3.54. The van der Waals surface area contributed by atoms with E-state index in [1.54, 1.807) is 18.2 Å². The van der Waals surface area contributed by atoms with E-state index in [2.05, 4.69) is 9.46 Å². The molecule has 0 amide bonds. The third-order valence-corrected chi connectivity index (χ3v) is 3.62. The quantitative estimate of drug-likeness (QED) is 0.733. The van der Waals surface area contributed by atoms with Crippen molar-refractivity contribution in [3.05, 3.63) is 35.4 Å². The van der Waals surface area contributed by atoms with Crippen LogP contribution in [0.4, 0.5) is 0 Å². The van der Waals surface area contributed by atoms with Crippen molar-refractivity contribution in [3.8, 4) is 0 Å². The van der Waals surface area contributed by atoms with Gasteiger partial charge in [-0.2, -0.15) is 0 Å². The van der Waals surface area contributed by atoms with Gasteiger partial charge in [0.2, 0.25) is 10.0 Å². The van der Waals surface area contributed by atoms with Gasteiger partial charge in [0.1, 0.15) is 0 Å². The van der Waals surface area contributed by atoms with Gasteiger partial charge < -0.3 is 9.84 Å². The van der Waals surface area contributed by atoms with Crippen molar-refractivity contribution in [2.24, 2.45) is 0 Å². The van der Waals surface area contributed by atoms with Gasteiger partial charge in [-0.15, -0.1) is 0 Å². The van der Waals surface area contributed by atoms with Gasteiger partial charge in [0.05, 0.1) is 24.5 Å². The third kappa shape index (κ3) is 5.37. The second-order valence-corrected chi connectivity index (χ2v) is 5.96. The fraction of sp³-hybridized carbons (Fsp3) is 0.417. The zero-order valence-corrected chi connectivity index (χ0v) is 11.6. The van der Waals surface area contributed by atoms with Gasteiger partial charge in [-0.3, -0.25) is 0 Å². The number of nitrogens with one attached hydrogen (secondary N) is 1. The van der Waals surface area contributed by atoms with Gasteiger partial charge >= 0.3 is 5.97 Å². The molecule has 0 saturated carbocycles. The maximum atomic E-state index is 11.7. The molecule has 0 aliphatic carbocycles. The predicted molar refractivity (Wildman–Crippen MR) is 70.1 cm³/mol. The molecular formula is C12H17NO5S. The lowest BCUT2D eigenvalue weighted by atomic mass is 10.1. The lowest BCUT2D eigenvalue weighted by molar-refractivity contribution is 0.0600. The molecule has 1 atom stereocenters. The van der Waals surface area contributed by atoms with Crippen LogP contribution in [0.25, 0.3) is 0 Å². The molecule has 0 unspecified atom stereocenters. The Kier molecular flexibility index (Phi) is 5.46. The lowest BCUT2D eigenvalue weighted by Crippen LogP contribution is -2.31. The van der Waals surface area contributed by atoms with E-state index in [4.69, 9.17) is 5.11 Å². The summed E-state index contributed by atoms with van der Waals surface area (Å²) in [6.45, 7) is 1.44. The van der Waals surface area contributed by atoms with Crippen molar-refractivity contribution in [2.45, 2.75) is 18.8 Å². The van der Waals surface area contributed by atoms with Crippen molar-refractivity contribution in [3.63, 3.8) is 0 Å². The molecule has 0 heterocycles. The first kappa shape index (κ1) is 15.6. The topological polar surface area (TPSA) is 92.7 Å². The monoisotopic (exact) mass is 287 g/mol. The Balaban J connectivity index is 2.79. The summed E-state index contributed by atoms with van der Waals surface area (Å²) in [7, 11) is -2.28. The number of ether oxygens (including phenoxy) is 1. The number of carbonyl (C=O) groups excluding carboxylic acids is 1. The summed E-state index contributed by atoms with van der Waals surface area (Å²) >= 11 is 0. The SMILES string of the molecule is COC(=O)c1cccc(CS(=O)(=O)NC[C@H](C)O)c1. The van der Waals surface area contributed by atoms with Crippen LogP contribution in [0, 0.1) is 0 Å². The first-order chi connectivity index (χ1) is 8.84. The van der Waals surface area contributed by atoms with Gasteiger partial charge in [0, 0.05) is 6.54 Å². The van der Waals surface area contributed by atoms with Crippen LogP contribution in [0.2, 0.25) is 0 Å². The average Bonchev–Trinajstić information content (AvgIpc) is 2.35. The van der Waals surface area contributed by atoms with E-state index in [0.717, 1.165) is 0 Å². The first-order valence-electron chi connectivity index (χ1n) is 5.66. The highest BCUT2D eigenvalue weighted by Crippen LogP contribution is 2.09. The van der Waals surface area contributed by atoms with E-state index in [1.165, 1.54) is 20.1 Å². The summed E-state index contributed by atoms with van der Waals surface area (Å²) in [5.41, 5.74) is 0.770. The summed E-state index contributed by atoms with van der Waals surface area (Å²) in [6.07, 6.45) is -0.754. The maximum absolute atomic E-state index is 11.7. The Morgan fingerprint density at radius 1 is 1.47 bits per heavy atom. The normalized spacial score (nSPS) is 13.0. The minimum Gasteiger partial charge on any atom is -0.465 e. The Bertz CT molecular complexity index is 539. The molecule has 0 saturated heterocycles. The zero-order valence-electron chi connectivity index (χ0n) is 10.8. The van der Waals surface area contributed by atoms with Crippen LogP contribution in [-0.2, 0) is 20.5 Å². The molecule has 0 aromatic heterocycles. The first-order valence-corrected chi connectivity index (χ1v) is 7.32.